The van der Waals surface area contributed by atoms with Crippen molar-refractivity contribution >= 4 is 11.9 Å². The molecule has 7 heteroatoms. The number of hydrogen-bond acceptors (Lipinski definition) is 6. The predicted octanol–water partition coefficient (Wildman–Crippen LogP) is 1.66. The zero-order valence-electron chi connectivity index (χ0n) is 15.2. The van der Waals surface area contributed by atoms with Gasteiger partial charge in [0, 0.05) is 19.0 Å². The molecule has 0 aliphatic carbocycles. The lowest BCUT2D eigenvalue weighted by Gasteiger charge is -2.26. The van der Waals surface area contributed by atoms with Gasteiger partial charge in [-0.15, -0.1) is 0 Å². The Morgan fingerprint density at radius 3 is 2.88 bits per heavy atom. The molecular weight excluding hydrogens is 336 g/mol. The van der Waals surface area contributed by atoms with E-state index in [1.165, 1.54) is 7.11 Å². The van der Waals surface area contributed by atoms with Gasteiger partial charge in [-0.25, -0.2) is 0 Å². The molecule has 2 aliphatic heterocycles. The molecule has 7 nitrogen and oxygen atoms in total. The Balaban J connectivity index is 1.52. The van der Waals surface area contributed by atoms with E-state index in [4.69, 9.17) is 9.47 Å². The summed E-state index contributed by atoms with van der Waals surface area (Å²) in [5.74, 6) is 1.30. The topological polar surface area (TPSA) is 77.1 Å². The summed E-state index contributed by atoms with van der Waals surface area (Å²) in [6.07, 6.45) is 2.99. The van der Waals surface area contributed by atoms with Crippen LogP contribution in [0.25, 0.3) is 0 Å². The molecule has 1 saturated heterocycles. The van der Waals surface area contributed by atoms with Crippen LogP contribution in [-0.2, 0) is 14.3 Å². The molecule has 1 N–H and O–H groups in total. The Morgan fingerprint density at radius 2 is 2.08 bits per heavy atom. The number of nitrogens with one attached hydrogen (secondary N) is 1. The Hall–Kier alpha value is -2.28. The number of hydrogen-bond donors (Lipinski definition) is 1. The van der Waals surface area contributed by atoms with Crippen molar-refractivity contribution in [2.75, 3.05) is 40.0 Å². The van der Waals surface area contributed by atoms with Crippen molar-refractivity contribution in [2.24, 2.45) is 0 Å². The molecule has 0 bridgehead atoms. The Labute approximate surface area is 153 Å². The van der Waals surface area contributed by atoms with Crippen molar-refractivity contribution in [3.8, 4) is 11.5 Å². The molecule has 1 aromatic rings. The van der Waals surface area contributed by atoms with E-state index in [1.807, 2.05) is 12.1 Å². The number of rotatable bonds is 7. The lowest BCUT2D eigenvalue weighted by atomic mass is 10.0. The van der Waals surface area contributed by atoms with Crippen LogP contribution in [-0.4, -0.2) is 56.7 Å². The molecule has 142 valence electrons. The van der Waals surface area contributed by atoms with Crippen molar-refractivity contribution in [1.29, 1.82) is 0 Å². The molecule has 0 unspecified atom stereocenters. The van der Waals surface area contributed by atoms with Gasteiger partial charge in [0.15, 0.2) is 11.5 Å². The van der Waals surface area contributed by atoms with E-state index in [-0.39, 0.29) is 17.9 Å². The number of fused-ring (bicyclic) bond motifs is 1. The number of esters is 1. The highest BCUT2D eigenvalue weighted by molar-refractivity contribution is 5.78. The summed E-state index contributed by atoms with van der Waals surface area (Å²) in [4.78, 5) is 25.5. The summed E-state index contributed by atoms with van der Waals surface area (Å²) in [7, 11) is 1.37. The Morgan fingerprint density at radius 1 is 1.27 bits per heavy atom. The van der Waals surface area contributed by atoms with Crippen LogP contribution in [0.5, 0.6) is 11.5 Å². The van der Waals surface area contributed by atoms with E-state index in [9.17, 15) is 9.59 Å². The first-order chi connectivity index (χ1) is 12.7. The molecule has 2 aliphatic rings. The van der Waals surface area contributed by atoms with Gasteiger partial charge in [0.05, 0.1) is 13.7 Å². The third kappa shape index (κ3) is 4.66. The second-order valence-electron chi connectivity index (χ2n) is 6.56. The third-order valence-electron chi connectivity index (χ3n) is 4.77. The van der Waals surface area contributed by atoms with Crippen molar-refractivity contribution < 1.29 is 23.8 Å². The van der Waals surface area contributed by atoms with Crippen LogP contribution in [0.4, 0.5) is 0 Å². The van der Waals surface area contributed by atoms with Crippen LogP contribution < -0.4 is 14.8 Å². The number of amides is 1. The van der Waals surface area contributed by atoms with Crippen molar-refractivity contribution in [3.63, 3.8) is 0 Å². The maximum Gasteiger partial charge on any atom is 0.305 e. The summed E-state index contributed by atoms with van der Waals surface area (Å²) >= 11 is 0. The fourth-order valence-electron chi connectivity index (χ4n) is 3.46. The number of benzene rings is 1. The van der Waals surface area contributed by atoms with Gasteiger partial charge in [0.2, 0.25) is 5.91 Å². The molecule has 26 heavy (non-hydrogen) atoms. The molecular formula is C19H26N2O5. The number of carbonyl (C=O) groups is 2. The number of likely N-dealkylation sites (tertiary alicyclic amines) is 1. The normalized spacial score (nSPS) is 19.2. The molecule has 2 heterocycles. The van der Waals surface area contributed by atoms with E-state index in [2.05, 4.69) is 21.0 Å². The standard InChI is InChI=1S/C19H26N2O5/c1-24-19(23)5-2-8-20-18(22)13-21-9-3-4-15(21)14-6-7-16-17(12-14)26-11-10-25-16/h6-7,12,15H,2-5,8-11,13H2,1H3,(H,20,22)/t15-/m1/s1. The first kappa shape index (κ1) is 18.5. The average Bonchev–Trinajstić information content (AvgIpc) is 3.12. The molecule has 1 fully saturated rings. The zero-order valence-corrected chi connectivity index (χ0v) is 15.2. The zero-order chi connectivity index (χ0) is 18.4. The Kier molecular flexibility index (Phi) is 6.33. The summed E-state index contributed by atoms with van der Waals surface area (Å²) in [6, 6.07) is 6.26. The van der Waals surface area contributed by atoms with Gasteiger partial charge in [-0.2, -0.15) is 0 Å². The highest BCUT2D eigenvalue weighted by Crippen LogP contribution is 2.37. The van der Waals surface area contributed by atoms with Crippen molar-refractivity contribution in [1.82, 2.24) is 10.2 Å². The predicted molar refractivity (Wildman–Crippen MR) is 95.2 cm³/mol. The van der Waals surface area contributed by atoms with E-state index in [0.717, 1.165) is 36.4 Å². The molecule has 0 radical (unpaired) electrons. The van der Waals surface area contributed by atoms with Crippen LogP contribution in [0, 0.1) is 0 Å². The lowest BCUT2D eigenvalue weighted by Crippen LogP contribution is -2.37. The highest BCUT2D eigenvalue weighted by Gasteiger charge is 2.28. The maximum absolute atomic E-state index is 12.2. The number of nitrogens with zero attached hydrogens (tertiary/aromatic N) is 1. The minimum absolute atomic E-state index is 0.0145. The maximum atomic E-state index is 12.2. The van der Waals surface area contributed by atoms with Gasteiger partial charge < -0.3 is 19.5 Å². The minimum Gasteiger partial charge on any atom is -0.486 e. The summed E-state index contributed by atoms with van der Waals surface area (Å²) in [6.45, 7) is 2.89. The van der Waals surface area contributed by atoms with Gasteiger partial charge in [0.25, 0.3) is 0 Å². The molecule has 0 spiro atoms. The molecule has 1 atom stereocenters. The number of ether oxygens (including phenoxy) is 3. The molecule has 1 amide bonds. The molecule has 1 aromatic carbocycles. The van der Waals surface area contributed by atoms with Crippen LogP contribution >= 0.6 is 0 Å². The van der Waals surface area contributed by atoms with Gasteiger partial charge in [-0.1, -0.05) is 6.07 Å². The minimum atomic E-state index is -0.252. The van der Waals surface area contributed by atoms with E-state index < -0.39 is 0 Å². The van der Waals surface area contributed by atoms with Crippen LogP contribution in [0.3, 0.4) is 0 Å². The lowest BCUT2D eigenvalue weighted by molar-refractivity contribution is -0.140. The van der Waals surface area contributed by atoms with Gasteiger partial charge in [-0.3, -0.25) is 14.5 Å². The smallest absolute Gasteiger partial charge is 0.305 e. The second kappa shape index (κ2) is 8.89. The van der Waals surface area contributed by atoms with Crippen LogP contribution in [0.1, 0.15) is 37.3 Å². The second-order valence-corrected chi connectivity index (χ2v) is 6.56. The molecule has 0 aromatic heterocycles. The average molecular weight is 362 g/mol. The summed E-state index contributed by atoms with van der Waals surface area (Å²) < 4.78 is 15.8. The SMILES string of the molecule is COC(=O)CCCNC(=O)CN1CCC[C@@H]1c1ccc2c(c1)OCCO2. The largest absolute Gasteiger partial charge is 0.486 e. The molecule has 0 saturated carbocycles. The Bertz CT molecular complexity index is 649. The van der Waals surface area contributed by atoms with Crippen molar-refractivity contribution in [2.45, 2.75) is 31.7 Å². The fraction of sp³-hybridized carbons (Fsp3) is 0.579. The van der Waals surface area contributed by atoms with Gasteiger partial charge in [0.1, 0.15) is 13.2 Å². The monoisotopic (exact) mass is 362 g/mol. The summed E-state index contributed by atoms with van der Waals surface area (Å²) in [5.41, 5.74) is 1.16. The first-order valence-corrected chi connectivity index (χ1v) is 9.14. The van der Waals surface area contributed by atoms with Crippen LogP contribution in [0.2, 0.25) is 0 Å². The fourth-order valence-corrected chi connectivity index (χ4v) is 3.46. The first-order valence-electron chi connectivity index (χ1n) is 9.14. The molecule has 3 rings (SSSR count). The number of methoxy groups -OCH3 is 1. The van der Waals surface area contributed by atoms with E-state index in [0.29, 0.717) is 39.1 Å². The summed E-state index contributed by atoms with van der Waals surface area (Å²) in [5, 5.41) is 2.88. The van der Waals surface area contributed by atoms with Crippen molar-refractivity contribution in [3.05, 3.63) is 23.8 Å². The third-order valence-corrected chi connectivity index (χ3v) is 4.77. The quantitative estimate of drug-likeness (QED) is 0.587. The number of carbonyl (C=O) groups excluding carboxylic acids is 2. The van der Waals surface area contributed by atoms with Gasteiger partial charge in [-0.05, 0) is 43.5 Å². The van der Waals surface area contributed by atoms with E-state index in [1.54, 1.807) is 0 Å². The van der Waals surface area contributed by atoms with Crippen LogP contribution in [0.15, 0.2) is 18.2 Å². The van der Waals surface area contributed by atoms with E-state index >= 15 is 0 Å². The highest BCUT2D eigenvalue weighted by atomic mass is 16.6. The van der Waals surface area contributed by atoms with Gasteiger partial charge >= 0.3 is 5.97 Å².